The highest BCUT2D eigenvalue weighted by Crippen LogP contribution is 2.27. The number of hydrogen-bond acceptors (Lipinski definition) is 2. The molecule has 0 amide bonds. The van der Waals surface area contributed by atoms with Crippen LogP contribution in [-0.2, 0) is 0 Å². The third-order valence-electron chi connectivity index (χ3n) is 3.35. The highest BCUT2D eigenvalue weighted by molar-refractivity contribution is 6.31. The Hall–Kier alpha value is -2.39. The van der Waals surface area contributed by atoms with Crippen LogP contribution in [0.2, 0.25) is 5.02 Å². The minimum Gasteiger partial charge on any atom is -0.478 e. The van der Waals surface area contributed by atoms with Crippen LogP contribution in [0.15, 0.2) is 48.5 Å². The molecule has 0 aliphatic heterocycles. The first-order valence-corrected chi connectivity index (χ1v) is 6.83. The topological polar surface area (TPSA) is 50.2 Å². The van der Waals surface area contributed by atoms with E-state index in [2.05, 4.69) is 4.98 Å². The number of carboxylic acid groups (broad SMARTS) is 1. The van der Waals surface area contributed by atoms with E-state index >= 15 is 0 Å². The van der Waals surface area contributed by atoms with Gasteiger partial charge in [0.2, 0.25) is 0 Å². The summed E-state index contributed by atoms with van der Waals surface area (Å²) >= 11 is 5.95. The van der Waals surface area contributed by atoms with E-state index in [4.69, 9.17) is 11.6 Å². The van der Waals surface area contributed by atoms with Gasteiger partial charge in [-0.05, 0) is 31.2 Å². The molecule has 0 fully saturated rings. The minimum atomic E-state index is -0.988. The fourth-order valence-corrected chi connectivity index (χ4v) is 2.42. The highest BCUT2D eigenvalue weighted by atomic mass is 35.5. The number of aromatic carboxylic acids is 1. The Kier molecular flexibility index (Phi) is 3.35. The van der Waals surface area contributed by atoms with Crippen LogP contribution in [0.5, 0.6) is 0 Å². The molecule has 0 spiro atoms. The molecule has 0 aliphatic rings. The number of aryl methyl sites for hydroxylation is 1. The molecule has 0 aliphatic carbocycles. The van der Waals surface area contributed by atoms with Crippen molar-refractivity contribution in [2.45, 2.75) is 6.92 Å². The Morgan fingerprint density at radius 2 is 1.81 bits per heavy atom. The summed E-state index contributed by atoms with van der Waals surface area (Å²) in [5.41, 5.74) is 3.50. The van der Waals surface area contributed by atoms with Gasteiger partial charge in [0.1, 0.15) is 0 Å². The monoisotopic (exact) mass is 297 g/mol. The molecule has 3 aromatic rings. The highest BCUT2D eigenvalue weighted by Gasteiger charge is 2.13. The number of pyridine rings is 1. The SMILES string of the molecule is Cc1ccc(-c2cc(C(=O)O)c3cc(Cl)ccc3n2)cc1. The van der Waals surface area contributed by atoms with Crippen molar-refractivity contribution in [3.05, 3.63) is 64.7 Å². The van der Waals surface area contributed by atoms with Gasteiger partial charge in [-0.2, -0.15) is 0 Å². The molecule has 1 N–H and O–H groups in total. The Morgan fingerprint density at radius 3 is 2.48 bits per heavy atom. The molecular formula is C17H12ClNO2. The Balaban J connectivity index is 2.28. The van der Waals surface area contributed by atoms with Gasteiger partial charge in [0.15, 0.2) is 0 Å². The second kappa shape index (κ2) is 5.19. The smallest absolute Gasteiger partial charge is 0.336 e. The first-order chi connectivity index (χ1) is 10.0. The minimum absolute atomic E-state index is 0.207. The fourth-order valence-electron chi connectivity index (χ4n) is 2.25. The number of hydrogen-bond donors (Lipinski definition) is 1. The van der Waals surface area contributed by atoms with Crippen LogP contribution in [-0.4, -0.2) is 16.1 Å². The largest absolute Gasteiger partial charge is 0.478 e. The van der Waals surface area contributed by atoms with Gasteiger partial charge in [0.25, 0.3) is 0 Å². The first kappa shape index (κ1) is 13.6. The predicted molar refractivity (Wildman–Crippen MR) is 83.9 cm³/mol. The molecule has 2 aromatic carbocycles. The average Bonchev–Trinajstić information content (AvgIpc) is 2.46. The lowest BCUT2D eigenvalue weighted by Gasteiger charge is -2.08. The number of rotatable bonds is 2. The van der Waals surface area contributed by atoms with E-state index in [1.165, 1.54) is 0 Å². The summed E-state index contributed by atoms with van der Waals surface area (Å²) in [5, 5.41) is 10.5. The van der Waals surface area contributed by atoms with Crippen LogP contribution in [0.3, 0.4) is 0 Å². The molecule has 0 atom stereocenters. The van der Waals surface area contributed by atoms with Crippen LogP contribution in [0.1, 0.15) is 15.9 Å². The van der Waals surface area contributed by atoms with Crippen molar-refractivity contribution >= 4 is 28.5 Å². The van der Waals surface area contributed by atoms with Gasteiger partial charge in [0, 0.05) is 16.0 Å². The van der Waals surface area contributed by atoms with E-state index in [-0.39, 0.29) is 5.56 Å². The maximum atomic E-state index is 11.5. The second-order valence-corrected chi connectivity index (χ2v) is 5.32. The lowest BCUT2D eigenvalue weighted by molar-refractivity contribution is 0.0699. The van der Waals surface area contributed by atoms with Crippen molar-refractivity contribution in [1.82, 2.24) is 4.98 Å². The number of halogens is 1. The van der Waals surface area contributed by atoms with Gasteiger partial charge in [-0.25, -0.2) is 9.78 Å². The zero-order chi connectivity index (χ0) is 15.0. The van der Waals surface area contributed by atoms with Gasteiger partial charge in [-0.3, -0.25) is 0 Å². The van der Waals surface area contributed by atoms with Crippen molar-refractivity contribution in [2.75, 3.05) is 0 Å². The number of benzene rings is 2. The van der Waals surface area contributed by atoms with Crippen LogP contribution in [0.25, 0.3) is 22.2 Å². The lowest BCUT2D eigenvalue weighted by Crippen LogP contribution is -2.00. The molecule has 0 bridgehead atoms. The summed E-state index contributed by atoms with van der Waals surface area (Å²) in [6.07, 6.45) is 0. The summed E-state index contributed by atoms with van der Waals surface area (Å²) in [4.78, 5) is 16.0. The van der Waals surface area contributed by atoms with Crippen LogP contribution >= 0.6 is 11.6 Å². The summed E-state index contributed by atoms with van der Waals surface area (Å²) in [6.45, 7) is 2.00. The number of carboxylic acids is 1. The predicted octanol–water partition coefficient (Wildman–Crippen LogP) is 4.56. The Bertz CT molecular complexity index is 841. The van der Waals surface area contributed by atoms with Gasteiger partial charge in [0.05, 0.1) is 16.8 Å². The molecule has 1 aromatic heterocycles. The molecular weight excluding hydrogens is 286 g/mol. The van der Waals surface area contributed by atoms with E-state index in [0.717, 1.165) is 11.1 Å². The molecule has 3 rings (SSSR count). The van der Waals surface area contributed by atoms with Gasteiger partial charge in [-0.15, -0.1) is 0 Å². The second-order valence-electron chi connectivity index (χ2n) is 4.89. The molecule has 104 valence electrons. The summed E-state index contributed by atoms with van der Waals surface area (Å²) < 4.78 is 0. The summed E-state index contributed by atoms with van der Waals surface area (Å²) in [5.74, 6) is -0.988. The molecule has 0 saturated heterocycles. The molecule has 4 heteroatoms. The molecule has 0 unspecified atom stereocenters. The van der Waals surface area contributed by atoms with Crippen molar-refractivity contribution < 1.29 is 9.90 Å². The molecule has 1 heterocycles. The Morgan fingerprint density at radius 1 is 1.10 bits per heavy atom. The third-order valence-corrected chi connectivity index (χ3v) is 3.58. The van der Waals surface area contributed by atoms with E-state index in [0.29, 0.717) is 21.6 Å². The van der Waals surface area contributed by atoms with Crippen molar-refractivity contribution in [1.29, 1.82) is 0 Å². The Labute approximate surface area is 126 Å². The molecule has 21 heavy (non-hydrogen) atoms. The lowest BCUT2D eigenvalue weighted by atomic mass is 10.0. The van der Waals surface area contributed by atoms with Crippen molar-refractivity contribution in [3.63, 3.8) is 0 Å². The van der Waals surface area contributed by atoms with E-state index in [9.17, 15) is 9.90 Å². The first-order valence-electron chi connectivity index (χ1n) is 6.45. The number of aromatic nitrogens is 1. The number of fused-ring (bicyclic) bond motifs is 1. The van der Waals surface area contributed by atoms with Crippen LogP contribution in [0.4, 0.5) is 0 Å². The average molecular weight is 298 g/mol. The fraction of sp³-hybridized carbons (Fsp3) is 0.0588. The van der Waals surface area contributed by atoms with E-state index in [1.54, 1.807) is 24.3 Å². The summed E-state index contributed by atoms with van der Waals surface area (Å²) in [6, 6.07) is 14.5. The molecule has 0 radical (unpaired) electrons. The van der Waals surface area contributed by atoms with E-state index in [1.807, 2.05) is 31.2 Å². The van der Waals surface area contributed by atoms with Crippen molar-refractivity contribution in [3.8, 4) is 11.3 Å². The zero-order valence-corrected chi connectivity index (χ0v) is 12.1. The summed E-state index contributed by atoms with van der Waals surface area (Å²) in [7, 11) is 0. The maximum absolute atomic E-state index is 11.5. The zero-order valence-electron chi connectivity index (χ0n) is 11.3. The third kappa shape index (κ3) is 2.60. The molecule has 3 nitrogen and oxygen atoms in total. The van der Waals surface area contributed by atoms with E-state index < -0.39 is 5.97 Å². The van der Waals surface area contributed by atoms with Gasteiger partial charge < -0.3 is 5.11 Å². The normalized spacial score (nSPS) is 10.8. The van der Waals surface area contributed by atoms with Crippen molar-refractivity contribution in [2.24, 2.45) is 0 Å². The van der Waals surface area contributed by atoms with Crippen LogP contribution in [0, 0.1) is 6.92 Å². The quantitative estimate of drug-likeness (QED) is 0.754. The molecule has 0 saturated carbocycles. The van der Waals surface area contributed by atoms with Crippen LogP contribution < -0.4 is 0 Å². The number of nitrogens with zero attached hydrogens (tertiary/aromatic N) is 1. The number of carbonyl (C=O) groups is 1. The maximum Gasteiger partial charge on any atom is 0.336 e. The standard InChI is InChI=1S/C17H12ClNO2/c1-10-2-4-11(5-3-10)16-9-14(17(20)21)13-8-12(18)6-7-15(13)19-16/h2-9H,1H3,(H,20,21). The van der Waals surface area contributed by atoms with Gasteiger partial charge in [-0.1, -0.05) is 41.4 Å². The van der Waals surface area contributed by atoms with Gasteiger partial charge >= 0.3 is 5.97 Å².